The molecule has 4 rings (SSSR count). The second-order valence-corrected chi connectivity index (χ2v) is 7.01. The highest BCUT2D eigenvalue weighted by Gasteiger charge is 2.56. The minimum Gasteiger partial charge on any atom is -0.377 e. The number of carbonyl (C=O) groups is 3. The summed E-state index contributed by atoms with van der Waals surface area (Å²) < 4.78 is 4.98. The average molecular weight is 373 g/mol. The monoisotopic (exact) mass is 373 g/mol. The van der Waals surface area contributed by atoms with E-state index in [-0.39, 0.29) is 36.4 Å². The second kappa shape index (κ2) is 6.15. The number of hydrogen-bond donors (Lipinski definition) is 2. The molecule has 3 heterocycles. The van der Waals surface area contributed by atoms with Crippen LogP contribution in [-0.4, -0.2) is 40.7 Å². The number of anilines is 2. The van der Waals surface area contributed by atoms with Gasteiger partial charge in [0.15, 0.2) is 0 Å². The lowest BCUT2D eigenvalue weighted by Crippen LogP contribution is -2.68. The zero-order chi connectivity index (χ0) is 18.3. The van der Waals surface area contributed by atoms with Gasteiger partial charge < -0.3 is 10.1 Å². The molecule has 1 aromatic carbocycles. The van der Waals surface area contributed by atoms with Crippen LogP contribution in [0, 0.1) is 0 Å². The molecule has 9 nitrogen and oxygen atoms in total. The van der Waals surface area contributed by atoms with Crippen molar-refractivity contribution in [3.8, 4) is 0 Å². The summed E-state index contributed by atoms with van der Waals surface area (Å²) in [6, 6.07) is 6.74. The number of methoxy groups -OCH3 is 1. The largest absolute Gasteiger partial charge is 0.377 e. The van der Waals surface area contributed by atoms with E-state index in [1.54, 1.807) is 24.3 Å². The number of nitrogens with zero attached hydrogens (tertiary/aromatic N) is 3. The third-order valence-electron chi connectivity index (χ3n) is 4.37. The zero-order valence-corrected chi connectivity index (χ0v) is 14.6. The Labute approximate surface area is 152 Å². The minimum atomic E-state index is -1.46. The van der Waals surface area contributed by atoms with E-state index in [1.807, 2.05) is 0 Å². The van der Waals surface area contributed by atoms with Gasteiger partial charge in [-0.15, -0.1) is 10.2 Å². The first kappa shape index (κ1) is 16.6. The molecule has 1 atom stereocenters. The Balaban J connectivity index is 1.68. The van der Waals surface area contributed by atoms with Gasteiger partial charge in [-0.05, 0) is 12.1 Å². The topological polar surface area (TPSA) is 114 Å². The van der Waals surface area contributed by atoms with Gasteiger partial charge in [-0.2, -0.15) is 0 Å². The van der Waals surface area contributed by atoms with Crippen molar-refractivity contribution in [3.63, 3.8) is 0 Å². The van der Waals surface area contributed by atoms with Crippen LogP contribution in [0.5, 0.6) is 0 Å². The van der Waals surface area contributed by atoms with Crippen LogP contribution in [0.15, 0.2) is 24.3 Å². The van der Waals surface area contributed by atoms with Crippen molar-refractivity contribution < 1.29 is 19.1 Å². The van der Waals surface area contributed by atoms with Crippen LogP contribution in [0.4, 0.5) is 10.8 Å². The summed E-state index contributed by atoms with van der Waals surface area (Å²) in [7, 11) is 1.54. The summed E-state index contributed by atoms with van der Waals surface area (Å²) in [4.78, 5) is 39.4. The molecule has 2 N–H and O–H groups in total. The normalized spacial score (nSPS) is 21.2. The van der Waals surface area contributed by atoms with Gasteiger partial charge >= 0.3 is 0 Å². The highest BCUT2D eigenvalue weighted by atomic mass is 32.1. The number of nitrogens with one attached hydrogen (secondary N) is 2. The Morgan fingerprint density at radius 2 is 2.19 bits per heavy atom. The van der Waals surface area contributed by atoms with Crippen LogP contribution in [0.2, 0.25) is 0 Å². The molecule has 0 saturated carbocycles. The van der Waals surface area contributed by atoms with Crippen molar-refractivity contribution in [3.05, 3.63) is 34.8 Å². The molecule has 0 spiro atoms. The van der Waals surface area contributed by atoms with Crippen LogP contribution in [0.25, 0.3) is 0 Å². The van der Waals surface area contributed by atoms with Crippen LogP contribution in [0.1, 0.15) is 28.2 Å². The van der Waals surface area contributed by atoms with E-state index in [0.717, 1.165) is 0 Å². The van der Waals surface area contributed by atoms with Crippen LogP contribution >= 0.6 is 11.3 Å². The molecule has 1 aromatic heterocycles. The van der Waals surface area contributed by atoms with Crippen LogP contribution in [-0.2, 0) is 20.9 Å². The van der Waals surface area contributed by atoms with Gasteiger partial charge in [0.2, 0.25) is 16.7 Å². The molecular weight excluding hydrogens is 358 g/mol. The highest BCUT2D eigenvalue weighted by molar-refractivity contribution is 7.15. The Morgan fingerprint density at radius 1 is 1.38 bits per heavy atom. The average Bonchev–Trinajstić information content (AvgIpc) is 3.21. The number of rotatable bonds is 4. The first-order valence-electron chi connectivity index (χ1n) is 7.92. The van der Waals surface area contributed by atoms with Crippen molar-refractivity contribution in [2.75, 3.05) is 17.3 Å². The quantitative estimate of drug-likeness (QED) is 0.823. The fraction of sp³-hybridized carbons (Fsp3) is 0.312. The molecule has 0 aliphatic carbocycles. The predicted molar refractivity (Wildman–Crippen MR) is 92.6 cm³/mol. The number of hydrogen-bond acceptors (Lipinski definition) is 7. The molecule has 0 unspecified atom stereocenters. The third-order valence-corrected chi connectivity index (χ3v) is 5.18. The van der Waals surface area contributed by atoms with Crippen molar-refractivity contribution in [1.82, 2.24) is 15.5 Å². The van der Waals surface area contributed by atoms with Crippen molar-refractivity contribution in [1.29, 1.82) is 0 Å². The van der Waals surface area contributed by atoms with Gasteiger partial charge in [0.05, 0.1) is 11.3 Å². The zero-order valence-electron chi connectivity index (χ0n) is 13.8. The summed E-state index contributed by atoms with van der Waals surface area (Å²) in [6.45, 7) is 0.285. The Kier molecular flexibility index (Phi) is 3.93. The molecule has 2 aliphatic heterocycles. The maximum absolute atomic E-state index is 13.0. The number of carbonyl (C=O) groups excluding carboxylic acids is 3. The van der Waals surface area contributed by atoms with E-state index >= 15 is 0 Å². The fourth-order valence-electron chi connectivity index (χ4n) is 3.26. The van der Waals surface area contributed by atoms with E-state index in [1.165, 1.54) is 23.3 Å². The lowest BCUT2D eigenvalue weighted by molar-refractivity contribution is -0.124. The molecule has 1 fully saturated rings. The molecule has 0 bridgehead atoms. The fourth-order valence-corrected chi connectivity index (χ4v) is 3.96. The molecule has 10 heteroatoms. The van der Waals surface area contributed by atoms with E-state index in [9.17, 15) is 14.4 Å². The minimum absolute atomic E-state index is 0.160. The Hall–Kier alpha value is -2.85. The number of ether oxygens (including phenoxy) is 1. The first-order chi connectivity index (χ1) is 12.5. The highest BCUT2D eigenvalue weighted by Crippen LogP contribution is 2.39. The van der Waals surface area contributed by atoms with Gasteiger partial charge in [-0.1, -0.05) is 23.5 Å². The van der Waals surface area contributed by atoms with Gasteiger partial charge in [-0.25, -0.2) is 0 Å². The number of para-hydroxylation sites is 1. The van der Waals surface area contributed by atoms with Gasteiger partial charge in [-0.3, -0.25) is 24.6 Å². The van der Waals surface area contributed by atoms with Crippen molar-refractivity contribution in [2.45, 2.75) is 25.1 Å². The maximum Gasteiger partial charge on any atom is 0.273 e. The summed E-state index contributed by atoms with van der Waals surface area (Å²) in [5.74, 6) is -1.13. The van der Waals surface area contributed by atoms with E-state index < -0.39 is 11.6 Å². The summed E-state index contributed by atoms with van der Waals surface area (Å²) in [5.41, 5.74) is -0.661. The molecule has 3 amide bonds. The predicted octanol–water partition coefficient (Wildman–Crippen LogP) is 0.890. The molecule has 2 aromatic rings. The molecule has 134 valence electrons. The van der Waals surface area contributed by atoms with Gasteiger partial charge in [0, 0.05) is 20.0 Å². The Bertz CT molecular complexity index is 914. The Morgan fingerprint density at radius 3 is 3.00 bits per heavy atom. The van der Waals surface area contributed by atoms with Gasteiger partial charge in [0.25, 0.3) is 11.8 Å². The lowest BCUT2D eigenvalue weighted by atomic mass is 9.99. The summed E-state index contributed by atoms with van der Waals surface area (Å²) in [6.07, 6.45) is 0.342. The summed E-state index contributed by atoms with van der Waals surface area (Å²) >= 11 is 1.17. The first-order valence-corrected chi connectivity index (χ1v) is 8.74. The SMILES string of the molecule is COCc1nnc(NC(=O)[C@@]23CCC(=O)N2c2ccccc2C(=O)N3)s1. The number of fused-ring (bicyclic) bond motifs is 3. The molecule has 2 aliphatic rings. The molecule has 1 saturated heterocycles. The number of amides is 3. The van der Waals surface area contributed by atoms with Crippen molar-refractivity contribution in [2.24, 2.45) is 0 Å². The molecule has 26 heavy (non-hydrogen) atoms. The lowest BCUT2D eigenvalue weighted by Gasteiger charge is -2.41. The number of aromatic nitrogens is 2. The summed E-state index contributed by atoms with van der Waals surface area (Å²) in [5, 5.41) is 14.1. The second-order valence-electron chi connectivity index (χ2n) is 5.95. The number of benzene rings is 1. The van der Waals surface area contributed by atoms with Crippen LogP contribution in [0.3, 0.4) is 0 Å². The van der Waals surface area contributed by atoms with Crippen LogP contribution < -0.4 is 15.5 Å². The van der Waals surface area contributed by atoms with E-state index in [2.05, 4.69) is 20.8 Å². The molecule has 0 radical (unpaired) electrons. The van der Waals surface area contributed by atoms with E-state index in [0.29, 0.717) is 16.3 Å². The third kappa shape index (κ3) is 2.45. The van der Waals surface area contributed by atoms with Gasteiger partial charge in [0.1, 0.15) is 11.6 Å². The molecular formula is C16H15N5O4S. The van der Waals surface area contributed by atoms with E-state index in [4.69, 9.17) is 4.74 Å². The maximum atomic E-state index is 13.0. The van der Waals surface area contributed by atoms with Crippen molar-refractivity contribution >= 4 is 39.9 Å². The smallest absolute Gasteiger partial charge is 0.273 e. The standard InChI is InChI=1S/C16H15N5O4S/c1-25-8-11-19-20-15(26-11)17-14(24)16-7-6-12(22)21(16)10-5-3-2-4-9(10)13(23)18-16/h2-5H,6-8H2,1H3,(H,18,23)(H,17,20,24)/t16-/m1/s1.